The van der Waals surface area contributed by atoms with Gasteiger partial charge in [0.1, 0.15) is 19.2 Å². The maximum absolute atomic E-state index is 8.63. The van der Waals surface area contributed by atoms with Crippen LogP contribution in [0.2, 0.25) is 0 Å². The highest BCUT2D eigenvalue weighted by Gasteiger charge is 2.32. The van der Waals surface area contributed by atoms with Crippen LogP contribution in [0.5, 0.6) is 0 Å². The molecule has 7 heteroatoms. The molecule has 1 heterocycles. The van der Waals surface area contributed by atoms with E-state index in [1.54, 1.807) is 0 Å². The van der Waals surface area contributed by atoms with E-state index in [0.29, 0.717) is 6.10 Å². The summed E-state index contributed by atoms with van der Waals surface area (Å²) < 4.78 is 40.1. The number of quaternary nitrogens is 1. The Morgan fingerprint density at radius 1 is 0.788 bits per heavy atom. The Bertz CT molecular complexity index is 521. The minimum Gasteiger partial charge on any atom is -0.726 e. The van der Waals surface area contributed by atoms with Crippen LogP contribution in [0.3, 0.4) is 0 Å². The summed E-state index contributed by atoms with van der Waals surface area (Å²) in [6.07, 6.45) is 25.0. The molecular formula is C26H55NO5S. The highest BCUT2D eigenvalue weighted by molar-refractivity contribution is 7.79. The third kappa shape index (κ3) is 22.0. The van der Waals surface area contributed by atoms with Crippen molar-refractivity contribution in [3.8, 4) is 0 Å². The first-order valence-electron chi connectivity index (χ1n) is 13.9. The number of ether oxygens (including phenoxy) is 1. The highest BCUT2D eigenvalue weighted by atomic mass is 32.3. The van der Waals surface area contributed by atoms with Crippen LogP contribution in [-0.2, 0) is 15.1 Å². The van der Waals surface area contributed by atoms with Gasteiger partial charge in [-0.25, -0.2) is 8.42 Å². The molecule has 1 N–H and O–H groups in total. The second kappa shape index (κ2) is 21.1. The summed E-state index contributed by atoms with van der Waals surface area (Å²) in [5.74, 6) is 0. The van der Waals surface area contributed by atoms with Crippen molar-refractivity contribution in [1.82, 2.24) is 0 Å². The number of rotatable bonds is 19. The van der Waals surface area contributed by atoms with Crippen LogP contribution in [0, 0.1) is 0 Å². The van der Waals surface area contributed by atoms with Crippen LogP contribution in [0.1, 0.15) is 130 Å². The molecule has 200 valence electrons. The average Bonchev–Trinajstić information content (AvgIpc) is 2.78. The van der Waals surface area contributed by atoms with Gasteiger partial charge in [0, 0.05) is 0 Å². The van der Waals surface area contributed by atoms with Gasteiger partial charge in [-0.1, -0.05) is 104 Å². The third-order valence-electron chi connectivity index (χ3n) is 7.12. The summed E-state index contributed by atoms with van der Waals surface area (Å²) in [5.41, 5.74) is 0. The molecule has 1 rings (SSSR count). The van der Waals surface area contributed by atoms with E-state index in [0.717, 1.165) is 6.61 Å². The molecule has 1 aliphatic heterocycles. The van der Waals surface area contributed by atoms with Crippen molar-refractivity contribution in [2.24, 2.45) is 0 Å². The number of hydrogen-bond acceptors (Lipinski definition) is 4. The van der Waals surface area contributed by atoms with Crippen molar-refractivity contribution >= 4 is 10.4 Å². The Morgan fingerprint density at radius 3 is 1.55 bits per heavy atom. The van der Waals surface area contributed by atoms with Gasteiger partial charge < -0.3 is 13.8 Å². The van der Waals surface area contributed by atoms with Crippen molar-refractivity contribution in [3.05, 3.63) is 0 Å². The van der Waals surface area contributed by atoms with Crippen LogP contribution >= 0.6 is 0 Å². The van der Waals surface area contributed by atoms with Crippen molar-refractivity contribution in [1.29, 1.82) is 0 Å². The number of likely N-dealkylation sites (N-methyl/N-ethyl adjacent to an activating group) is 1. The maximum atomic E-state index is 8.63. The van der Waals surface area contributed by atoms with E-state index in [-0.39, 0.29) is 0 Å². The topological polar surface area (TPSA) is 86.7 Å². The molecule has 1 fully saturated rings. The van der Waals surface area contributed by atoms with Crippen LogP contribution in [0.4, 0.5) is 0 Å². The molecule has 0 saturated carbocycles. The van der Waals surface area contributed by atoms with Crippen LogP contribution in [-0.4, -0.2) is 60.9 Å². The van der Waals surface area contributed by atoms with Gasteiger partial charge >= 0.3 is 0 Å². The van der Waals surface area contributed by atoms with E-state index in [2.05, 4.69) is 20.8 Å². The number of hydrogen-bond donors (Lipinski definition) is 1. The van der Waals surface area contributed by atoms with Gasteiger partial charge in [0.05, 0.1) is 19.7 Å². The van der Waals surface area contributed by atoms with Crippen LogP contribution < -0.4 is 0 Å². The van der Waals surface area contributed by atoms with Gasteiger partial charge in [0.2, 0.25) is 10.4 Å². The van der Waals surface area contributed by atoms with E-state index in [1.807, 2.05) is 0 Å². The molecule has 0 radical (unpaired) electrons. The molecule has 1 aliphatic rings. The molecule has 0 spiro atoms. The Hall–Kier alpha value is -0.210. The van der Waals surface area contributed by atoms with Gasteiger partial charge in [0.15, 0.2) is 0 Å². The lowest BCUT2D eigenvalue weighted by Gasteiger charge is -2.43. The van der Waals surface area contributed by atoms with Crippen LogP contribution in [0.25, 0.3) is 0 Å². The summed E-state index contributed by atoms with van der Waals surface area (Å²) >= 11 is 0. The monoisotopic (exact) mass is 493 g/mol. The van der Waals surface area contributed by atoms with Crippen LogP contribution in [0.15, 0.2) is 0 Å². The number of morpholine rings is 1. The first kappa shape index (κ1) is 32.8. The first-order valence-corrected chi connectivity index (χ1v) is 15.3. The lowest BCUT2D eigenvalue weighted by Crippen LogP contribution is -2.58. The predicted molar refractivity (Wildman–Crippen MR) is 137 cm³/mol. The Balaban J connectivity index is 0.00000184. The molecule has 2 atom stereocenters. The third-order valence-corrected chi connectivity index (χ3v) is 7.12. The fourth-order valence-corrected chi connectivity index (χ4v) is 4.88. The summed E-state index contributed by atoms with van der Waals surface area (Å²) in [6, 6.07) is 0. The standard InChI is InChI=1S/C26H54NO.H2O4S/c1-4-7-8-9-10-11-12-13-14-15-16-17-18-19-20-21-22-27(6-3)23-24-28-26(5-2)25-27;1-5(2,3)4/h26H,4-25H2,1-3H3;(H2,1,2,3,4)/q+1;/p-1. The smallest absolute Gasteiger partial charge is 0.215 e. The molecule has 2 unspecified atom stereocenters. The molecule has 6 nitrogen and oxygen atoms in total. The lowest BCUT2D eigenvalue weighted by molar-refractivity contribution is -0.937. The van der Waals surface area contributed by atoms with Crippen molar-refractivity contribution in [2.75, 3.05) is 32.8 Å². The molecule has 1 saturated heterocycles. The molecule has 0 bridgehead atoms. The van der Waals surface area contributed by atoms with Gasteiger partial charge in [-0.15, -0.1) is 0 Å². The van der Waals surface area contributed by atoms with E-state index in [4.69, 9.17) is 22.3 Å². The molecule has 0 aromatic heterocycles. The summed E-state index contributed by atoms with van der Waals surface area (Å²) in [6.45, 7) is 13.1. The Labute approximate surface area is 206 Å². The minimum atomic E-state index is -4.92. The number of unbranched alkanes of at least 4 members (excludes halogenated alkanes) is 15. The SMILES string of the molecule is CCCCCCCCCCCCCCCCCC[N+]1(CC)CCOC(CC)C1.O=S(=O)([O-])O. The second-order valence-corrected chi connectivity index (χ2v) is 10.8. The summed E-state index contributed by atoms with van der Waals surface area (Å²) in [7, 11) is -4.92. The minimum absolute atomic E-state index is 0.509. The van der Waals surface area contributed by atoms with Crippen molar-refractivity contribution in [2.45, 2.75) is 136 Å². The number of nitrogens with zero attached hydrogens (tertiary/aromatic N) is 1. The van der Waals surface area contributed by atoms with E-state index >= 15 is 0 Å². The zero-order valence-electron chi connectivity index (χ0n) is 22.1. The average molecular weight is 494 g/mol. The van der Waals surface area contributed by atoms with Crippen molar-refractivity contribution < 1.29 is 26.7 Å². The Kier molecular flexibility index (Phi) is 21.0. The van der Waals surface area contributed by atoms with E-state index in [9.17, 15) is 0 Å². The van der Waals surface area contributed by atoms with Gasteiger partial charge in [-0.3, -0.25) is 4.55 Å². The van der Waals surface area contributed by atoms with E-state index in [1.165, 1.54) is 140 Å². The summed E-state index contributed by atoms with van der Waals surface area (Å²) in [5, 5.41) is 0. The van der Waals surface area contributed by atoms with Gasteiger partial charge in [-0.05, 0) is 26.2 Å². The fourth-order valence-electron chi connectivity index (χ4n) is 4.88. The molecule has 0 aliphatic carbocycles. The quantitative estimate of drug-likeness (QED) is 0.0915. The molecule has 0 aromatic carbocycles. The van der Waals surface area contributed by atoms with Gasteiger partial charge in [-0.2, -0.15) is 0 Å². The first-order chi connectivity index (χ1) is 15.8. The molecule has 0 aromatic rings. The molecular weight excluding hydrogens is 438 g/mol. The van der Waals surface area contributed by atoms with E-state index < -0.39 is 10.4 Å². The zero-order chi connectivity index (χ0) is 24.8. The lowest BCUT2D eigenvalue weighted by atomic mass is 10.0. The molecule has 0 amide bonds. The second-order valence-electron chi connectivity index (χ2n) is 9.92. The fraction of sp³-hybridized carbons (Fsp3) is 1.00. The maximum Gasteiger partial charge on any atom is 0.215 e. The normalized spacial score (nSPS) is 20.9. The largest absolute Gasteiger partial charge is 0.726 e. The Morgan fingerprint density at radius 2 is 1.18 bits per heavy atom. The zero-order valence-corrected chi connectivity index (χ0v) is 22.9. The summed E-state index contributed by atoms with van der Waals surface area (Å²) in [4.78, 5) is 0. The predicted octanol–water partition coefficient (Wildman–Crippen LogP) is 6.90. The van der Waals surface area contributed by atoms with Gasteiger partial charge in [0.25, 0.3) is 0 Å². The molecule has 33 heavy (non-hydrogen) atoms. The highest BCUT2D eigenvalue weighted by Crippen LogP contribution is 2.20. The van der Waals surface area contributed by atoms with Crippen molar-refractivity contribution in [3.63, 3.8) is 0 Å².